The lowest BCUT2D eigenvalue weighted by Crippen LogP contribution is -2.49. The van der Waals surface area contributed by atoms with Gasteiger partial charge in [-0.05, 0) is 12.3 Å². The van der Waals surface area contributed by atoms with Crippen molar-refractivity contribution < 1.29 is 4.79 Å². The number of nitrogens with two attached hydrogens (primary N) is 1. The molecule has 18 heavy (non-hydrogen) atoms. The minimum atomic E-state index is -0.125. The normalized spacial score (nSPS) is 24.6. The van der Waals surface area contributed by atoms with Crippen LogP contribution in [0.3, 0.4) is 0 Å². The van der Waals surface area contributed by atoms with Crippen LogP contribution >= 0.6 is 0 Å². The van der Waals surface area contributed by atoms with Crippen molar-refractivity contribution >= 4 is 5.91 Å². The summed E-state index contributed by atoms with van der Waals surface area (Å²) < 4.78 is 0. The Bertz CT molecular complexity index is 428. The van der Waals surface area contributed by atoms with Crippen LogP contribution in [0.4, 0.5) is 0 Å². The van der Waals surface area contributed by atoms with Crippen LogP contribution in [0.15, 0.2) is 0 Å². The molecule has 0 spiro atoms. The van der Waals surface area contributed by atoms with Gasteiger partial charge in [-0.3, -0.25) is 9.89 Å². The van der Waals surface area contributed by atoms with Gasteiger partial charge in [-0.1, -0.05) is 20.8 Å². The van der Waals surface area contributed by atoms with Gasteiger partial charge in [0.2, 0.25) is 5.82 Å². The molecule has 0 saturated carbocycles. The van der Waals surface area contributed by atoms with Gasteiger partial charge in [0.15, 0.2) is 0 Å². The van der Waals surface area contributed by atoms with Gasteiger partial charge in [0.25, 0.3) is 5.91 Å². The Labute approximate surface area is 107 Å². The first-order chi connectivity index (χ1) is 8.49. The second-order valence-corrected chi connectivity index (χ2v) is 5.38. The number of piperidine rings is 1. The number of carbonyl (C=O) groups is 1. The Morgan fingerprint density at radius 1 is 1.56 bits per heavy atom. The topological polar surface area (TPSA) is 87.9 Å². The summed E-state index contributed by atoms with van der Waals surface area (Å²) >= 11 is 0. The molecule has 0 radical (unpaired) electrons. The molecular formula is C12H21N5O. The average Bonchev–Trinajstić information content (AvgIpc) is 2.81. The Balaban J connectivity index is 2.06. The third-order valence-corrected chi connectivity index (χ3v) is 3.54. The summed E-state index contributed by atoms with van der Waals surface area (Å²) in [5.74, 6) is 1.57. The van der Waals surface area contributed by atoms with E-state index < -0.39 is 0 Å². The Morgan fingerprint density at radius 2 is 2.28 bits per heavy atom. The number of hydrogen-bond acceptors (Lipinski definition) is 4. The smallest absolute Gasteiger partial charge is 0.293 e. The van der Waals surface area contributed by atoms with E-state index in [4.69, 9.17) is 5.73 Å². The molecule has 0 bridgehead atoms. The lowest BCUT2D eigenvalue weighted by molar-refractivity contribution is 0.0660. The predicted octanol–water partition coefficient (Wildman–Crippen LogP) is 0.737. The average molecular weight is 251 g/mol. The molecule has 0 aliphatic carbocycles. The number of H-pyrrole nitrogens is 1. The highest BCUT2D eigenvalue weighted by molar-refractivity contribution is 5.90. The molecule has 3 N–H and O–H groups in total. The number of hydrogen-bond donors (Lipinski definition) is 2. The fourth-order valence-corrected chi connectivity index (χ4v) is 2.05. The van der Waals surface area contributed by atoms with Gasteiger partial charge in [0.05, 0.1) is 0 Å². The van der Waals surface area contributed by atoms with Crippen LogP contribution in [0.1, 0.15) is 49.6 Å². The molecule has 2 unspecified atom stereocenters. The molecule has 100 valence electrons. The van der Waals surface area contributed by atoms with Crippen LogP contribution in [0.5, 0.6) is 0 Å². The van der Waals surface area contributed by atoms with E-state index in [1.54, 1.807) is 4.90 Å². The molecular weight excluding hydrogens is 230 g/mol. The van der Waals surface area contributed by atoms with Gasteiger partial charge in [-0.2, -0.15) is 0 Å². The van der Waals surface area contributed by atoms with E-state index in [0.717, 1.165) is 18.8 Å². The molecule has 2 rings (SSSR count). The van der Waals surface area contributed by atoms with E-state index in [1.165, 1.54) is 0 Å². The molecule has 1 aromatic rings. The summed E-state index contributed by atoms with van der Waals surface area (Å²) in [5.41, 5.74) is 6.00. The van der Waals surface area contributed by atoms with Crippen LogP contribution in [0.25, 0.3) is 0 Å². The van der Waals surface area contributed by atoms with E-state index in [-0.39, 0.29) is 23.7 Å². The van der Waals surface area contributed by atoms with E-state index in [2.05, 4.69) is 22.1 Å². The summed E-state index contributed by atoms with van der Waals surface area (Å²) in [6.07, 6.45) is 0.939. The highest BCUT2D eigenvalue weighted by Gasteiger charge is 2.28. The predicted molar refractivity (Wildman–Crippen MR) is 68.1 cm³/mol. The van der Waals surface area contributed by atoms with Crippen molar-refractivity contribution in [2.24, 2.45) is 11.7 Å². The number of rotatable bonds is 2. The quantitative estimate of drug-likeness (QED) is 0.811. The van der Waals surface area contributed by atoms with Crippen molar-refractivity contribution in [2.75, 3.05) is 13.1 Å². The Kier molecular flexibility index (Phi) is 3.65. The van der Waals surface area contributed by atoms with Crippen molar-refractivity contribution in [3.05, 3.63) is 11.6 Å². The van der Waals surface area contributed by atoms with Gasteiger partial charge in [-0.15, -0.1) is 5.10 Å². The first-order valence-electron chi connectivity index (χ1n) is 6.46. The van der Waals surface area contributed by atoms with Crippen LogP contribution in [-0.2, 0) is 0 Å². The number of aromatic amines is 1. The summed E-state index contributed by atoms with van der Waals surface area (Å²) in [6, 6.07) is 0.0474. The zero-order valence-corrected chi connectivity index (χ0v) is 11.2. The monoisotopic (exact) mass is 251 g/mol. The molecule has 6 heteroatoms. The van der Waals surface area contributed by atoms with Crippen molar-refractivity contribution in [3.63, 3.8) is 0 Å². The molecule has 1 saturated heterocycles. The fourth-order valence-electron chi connectivity index (χ4n) is 2.05. The van der Waals surface area contributed by atoms with Crippen LogP contribution in [0, 0.1) is 5.92 Å². The van der Waals surface area contributed by atoms with E-state index in [9.17, 15) is 4.79 Å². The van der Waals surface area contributed by atoms with E-state index in [1.807, 2.05) is 13.8 Å². The molecule has 1 aliphatic heterocycles. The number of carbonyl (C=O) groups excluding carboxylic acids is 1. The minimum absolute atomic E-state index is 0.0474. The highest BCUT2D eigenvalue weighted by Crippen LogP contribution is 2.17. The SMILES string of the molecule is CC(C)c1nc(C(=O)N2CCC(C)C(N)C2)n[nH]1. The Hall–Kier alpha value is -1.43. The molecule has 6 nitrogen and oxygen atoms in total. The van der Waals surface area contributed by atoms with E-state index in [0.29, 0.717) is 12.5 Å². The summed E-state index contributed by atoms with van der Waals surface area (Å²) in [4.78, 5) is 18.2. The largest absolute Gasteiger partial charge is 0.334 e. The Morgan fingerprint density at radius 3 is 2.83 bits per heavy atom. The number of nitrogens with one attached hydrogen (secondary N) is 1. The molecule has 1 aromatic heterocycles. The zero-order chi connectivity index (χ0) is 13.3. The summed E-state index contributed by atoms with van der Waals surface area (Å²) in [7, 11) is 0. The standard InChI is InChI=1S/C12H21N5O/c1-7(2)10-14-11(16-15-10)12(18)17-5-4-8(3)9(13)6-17/h7-9H,4-6,13H2,1-3H3,(H,14,15,16). The minimum Gasteiger partial charge on any atom is -0.334 e. The first kappa shape index (κ1) is 13.0. The van der Waals surface area contributed by atoms with Crippen molar-refractivity contribution in [3.8, 4) is 0 Å². The molecule has 0 aromatic carbocycles. The van der Waals surface area contributed by atoms with Gasteiger partial charge in [-0.25, -0.2) is 4.98 Å². The van der Waals surface area contributed by atoms with Gasteiger partial charge in [0.1, 0.15) is 5.82 Å². The molecule has 1 amide bonds. The maximum atomic E-state index is 12.2. The van der Waals surface area contributed by atoms with Gasteiger partial charge in [0, 0.05) is 25.0 Å². The molecule has 2 atom stereocenters. The zero-order valence-electron chi connectivity index (χ0n) is 11.2. The number of amides is 1. The number of aromatic nitrogens is 3. The van der Waals surface area contributed by atoms with Gasteiger partial charge < -0.3 is 10.6 Å². The van der Waals surface area contributed by atoms with Crippen molar-refractivity contribution in [1.29, 1.82) is 0 Å². The maximum Gasteiger partial charge on any atom is 0.293 e. The highest BCUT2D eigenvalue weighted by atomic mass is 16.2. The maximum absolute atomic E-state index is 12.2. The van der Waals surface area contributed by atoms with Crippen LogP contribution < -0.4 is 5.73 Å². The lowest BCUT2D eigenvalue weighted by Gasteiger charge is -2.34. The first-order valence-corrected chi connectivity index (χ1v) is 6.46. The third-order valence-electron chi connectivity index (χ3n) is 3.54. The second-order valence-electron chi connectivity index (χ2n) is 5.38. The molecule has 2 heterocycles. The van der Waals surface area contributed by atoms with Crippen molar-refractivity contribution in [2.45, 2.75) is 39.2 Å². The van der Waals surface area contributed by atoms with E-state index >= 15 is 0 Å². The third kappa shape index (κ3) is 2.53. The summed E-state index contributed by atoms with van der Waals surface area (Å²) in [6.45, 7) is 7.46. The van der Waals surface area contributed by atoms with Gasteiger partial charge >= 0.3 is 0 Å². The fraction of sp³-hybridized carbons (Fsp3) is 0.750. The number of likely N-dealkylation sites (tertiary alicyclic amines) is 1. The van der Waals surface area contributed by atoms with Crippen LogP contribution in [-0.4, -0.2) is 45.1 Å². The number of nitrogens with zero attached hydrogens (tertiary/aromatic N) is 3. The summed E-state index contributed by atoms with van der Waals surface area (Å²) in [5, 5.41) is 6.79. The molecule has 1 fully saturated rings. The van der Waals surface area contributed by atoms with Crippen LogP contribution in [0.2, 0.25) is 0 Å². The second kappa shape index (κ2) is 5.06. The molecule has 1 aliphatic rings. The van der Waals surface area contributed by atoms with Crippen molar-refractivity contribution in [1.82, 2.24) is 20.1 Å². The lowest BCUT2D eigenvalue weighted by atomic mass is 9.94.